The van der Waals surface area contributed by atoms with Crippen molar-refractivity contribution in [3.05, 3.63) is 22.7 Å². The van der Waals surface area contributed by atoms with E-state index in [4.69, 9.17) is 26.8 Å². The van der Waals surface area contributed by atoms with E-state index in [9.17, 15) is 0 Å². The summed E-state index contributed by atoms with van der Waals surface area (Å²) in [7, 11) is 1.66. The number of hydrogen-bond donors (Lipinski definition) is 1. The molecule has 4 heteroatoms. The fourth-order valence-electron chi connectivity index (χ4n) is 2.96. The van der Waals surface area contributed by atoms with Gasteiger partial charge in [-0.15, -0.1) is 0 Å². The standard InChI is InChI=1S/C16H22ClNO2/c1-19-14-8-12(16(18)6-2-3-7-16)13(17)9-15(14)20-10-11-4-5-11/h8-9,11H,2-7,10,18H2,1H3. The van der Waals surface area contributed by atoms with E-state index in [0.717, 1.165) is 49.4 Å². The molecule has 3 nitrogen and oxygen atoms in total. The topological polar surface area (TPSA) is 44.5 Å². The van der Waals surface area contributed by atoms with Crippen molar-refractivity contribution < 1.29 is 9.47 Å². The first-order valence-electron chi connectivity index (χ1n) is 7.42. The highest BCUT2D eigenvalue weighted by molar-refractivity contribution is 6.31. The Morgan fingerprint density at radius 2 is 1.95 bits per heavy atom. The lowest BCUT2D eigenvalue weighted by molar-refractivity contribution is 0.279. The summed E-state index contributed by atoms with van der Waals surface area (Å²) in [5.41, 5.74) is 7.19. The van der Waals surface area contributed by atoms with Crippen molar-refractivity contribution in [1.29, 1.82) is 0 Å². The van der Waals surface area contributed by atoms with Gasteiger partial charge in [-0.05, 0) is 43.2 Å². The molecule has 2 N–H and O–H groups in total. The minimum absolute atomic E-state index is 0.306. The molecule has 0 aromatic heterocycles. The molecule has 0 heterocycles. The first kappa shape index (κ1) is 14.0. The van der Waals surface area contributed by atoms with Gasteiger partial charge in [0.2, 0.25) is 0 Å². The molecule has 0 atom stereocenters. The van der Waals surface area contributed by atoms with Gasteiger partial charge in [-0.2, -0.15) is 0 Å². The van der Waals surface area contributed by atoms with Crippen LogP contribution in [0.5, 0.6) is 11.5 Å². The van der Waals surface area contributed by atoms with E-state index in [0.29, 0.717) is 10.9 Å². The smallest absolute Gasteiger partial charge is 0.162 e. The Labute approximate surface area is 125 Å². The summed E-state index contributed by atoms with van der Waals surface area (Å²) in [5.74, 6) is 2.17. The van der Waals surface area contributed by atoms with Crippen LogP contribution in [-0.2, 0) is 5.54 Å². The average molecular weight is 296 g/mol. The van der Waals surface area contributed by atoms with Crippen LogP contribution in [0.1, 0.15) is 44.1 Å². The lowest BCUT2D eigenvalue weighted by atomic mass is 9.89. The normalized spacial score (nSPS) is 20.9. The Morgan fingerprint density at radius 3 is 2.55 bits per heavy atom. The molecule has 2 fully saturated rings. The quantitative estimate of drug-likeness (QED) is 0.897. The van der Waals surface area contributed by atoms with Crippen LogP contribution in [0.4, 0.5) is 0 Å². The number of rotatable bonds is 5. The fourth-order valence-corrected chi connectivity index (χ4v) is 3.30. The Morgan fingerprint density at radius 1 is 1.25 bits per heavy atom. The van der Waals surface area contributed by atoms with E-state index in [1.807, 2.05) is 12.1 Å². The molecular formula is C16H22ClNO2. The zero-order valence-corrected chi connectivity index (χ0v) is 12.7. The van der Waals surface area contributed by atoms with Crippen molar-refractivity contribution in [2.75, 3.05) is 13.7 Å². The van der Waals surface area contributed by atoms with Gasteiger partial charge >= 0.3 is 0 Å². The van der Waals surface area contributed by atoms with Crippen LogP contribution in [0.25, 0.3) is 0 Å². The van der Waals surface area contributed by atoms with E-state index >= 15 is 0 Å². The van der Waals surface area contributed by atoms with Crippen molar-refractivity contribution in [3.8, 4) is 11.5 Å². The van der Waals surface area contributed by atoms with Crippen LogP contribution < -0.4 is 15.2 Å². The van der Waals surface area contributed by atoms with Crippen molar-refractivity contribution in [3.63, 3.8) is 0 Å². The maximum absolute atomic E-state index is 6.51. The zero-order chi connectivity index (χ0) is 14.2. The van der Waals surface area contributed by atoms with Gasteiger partial charge in [0.25, 0.3) is 0 Å². The third-order valence-corrected chi connectivity index (χ3v) is 4.77. The molecular weight excluding hydrogens is 274 g/mol. The molecule has 0 unspecified atom stereocenters. The van der Waals surface area contributed by atoms with Crippen LogP contribution in [0, 0.1) is 5.92 Å². The minimum Gasteiger partial charge on any atom is -0.493 e. The molecule has 2 saturated carbocycles. The first-order valence-corrected chi connectivity index (χ1v) is 7.80. The number of hydrogen-bond acceptors (Lipinski definition) is 3. The third-order valence-electron chi connectivity index (χ3n) is 4.46. The lowest BCUT2D eigenvalue weighted by Crippen LogP contribution is -2.33. The van der Waals surface area contributed by atoms with Crippen LogP contribution >= 0.6 is 11.6 Å². The van der Waals surface area contributed by atoms with Gasteiger partial charge in [0, 0.05) is 16.6 Å². The summed E-state index contributed by atoms with van der Waals surface area (Å²) < 4.78 is 11.3. The van der Waals surface area contributed by atoms with Crippen molar-refractivity contribution >= 4 is 11.6 Å². The molecule has 0 radical (unpaired) electrons. The summed E-state index contributed by atoms with van der Waals surface area (Å²) in [5, 5.41) is 0.695. The van der Waals surface area contributed by atoms with E-state index in [1.165, 1.54) is 12.8 Å². The molecule has 0 saturated heterocycles. The highest BCUT2D eigenvalue weighted by atomic mass is 35.5. The highest BCUT2D eigenvalue weighted by Crippen LogP contribution is 2.44. The Bertz CT molecular complexity index is 493. The maximum atomic E-state index is 6.51. The molecule has 0 aliphatic heterocycles. The summed E-state index contributed by atoms with van der Waals surface area (Å²) in [6.45, 7) is 0.750. The van der Waals surface area contributed by atoms with Crippen molar-refractivity contribution in [2.45, 2.75) is 44.1 Å². The number of nitrogens with two attached hydrogens (primary N) is 1. The number of benzene rings is 1. The Balaban J connectivity index is 1.87. The SMILES string of the molecule is COc1cc(C2(N)CCCC2)c(Cl)cc1OCC1CC1. The van der Waals surface area contributed by atoms with Crippen LogP contribution in [0.3, 0.4) is 0 Å². The largest absolute Gasteiger partial charge is 0.493 e. The summed E-state index contributed by atoms with van der Waals surface area (Å²) in [4.78, 5) is 0. The number of halogens is 1. The maximum Gasteiger partial charge on any atom is 0.162 e. The van der Waals surface area contributed by atoms with E-state index in [-0.39, 0.29) is 5.54 Å². The zero-order valence-electron chi connectivity index (χ0n) is 12.0. The fraction of sp³-hybridized carbons (Fsp3) is 0.625. The lowest BCUT2D eigenvalue weighted by Gasteiger charge is -2.26. The Hall–Kier alpha value is -0.930. The average Bonchev–Trinajstić information content (AvgIpc) is 3.17. The molecule has 1 aromatic carbocycles. The third kappa shape index (κ3) is 2.75. The van der Waals surface area contributed by atoms with Gasteiger partial charge in [0.05, 0.1) is 13.7 Å². The second kappa shape index (κ2) is 5.45. The van der Waals surface area contributed by atoms with E-state index in [2.05, 4.69) is 0 Å². The second-order valence-electron chi connectivity index (χ2n) is 6.10. The van der Waals surface area contributed by atoms with Crippen molar-refractivity contribution in [1.82, 2.24) is 0 Å². The molecule has 0 spiro atoms. The monoisotopic (exact) mass is 295 g/mol. The molecule has 2 aliphatic rings. The van der Waals surface area contributed by atoms with E-state index in [1.54, 1.807) is 7.11 Å². The number of ether oxygens (including phenoxy) is 2. The number of methoxy groups -OCH3 is 1. The molecule has 0 amide bonds. The van der Waals surface area contributed by atoms with Gasteiger partial charge < -0.3 is 15.2 Å². The van der Waals surface area contributed by atoms with Gasteiger partial charge in [-0.3, -0.25) is 0 Å². The molecule has 3 rings (SSSR count). The highest BCUT2D eigenvalue weighted by Gasteiger charge is 2.34. The van der Waals surface area contributed by atoms with E-state index < -0.39 is 0 Å². The molecule has 20 heavy (non-hydrogen) atoms. The minimum atomic E-state index is -0.306. The summed E-state index contributed by atoms with van der Waals surface area (Å²) in [6.07, 6.45) is 6.82. The van der Waals surface area contributed by atoms with Gasteiger partial charge in [-0.1, -0.05) is 24.4 Å². The Kier molecular flexibility index (Phi) is 3.83. The first-order chi connectivity index (χ1) is 9.62. The second-order valence-corrected chi connectivity index (χ2v) is 6.51. The molecule has 0 bridgehead atoms. The van der Waals surface area contributed by atoms with Gasteiger partial charge in [0.15, 0.2) is 11.5 Å². The van der Waals surface area contributed by atoms with Gasteiger partial charge in [0.1, 0.15) is 0 Å². The predicted molar refractivity (Wildman–Crippen MR) is 80.6 cm³/mol. The van der Waals surface area contributed by atoms with Crippen LogP contribution in [-0.4, -0.2) is 13.7 Å². The molecule has 1 aromatic rings. The predicted octanol–water partition coefficient (Wildman–Crippen LogP) is 3.87. The molecule has 110 valence electrons. The summed E-state index contributed by atoms with van der Waals surface area (Å²) >= 11 is 6.44. The molecule has 2 aliphatic carbocycles. The summed E-state index contributed by atoms with van der Waals surface area (Å²) in [6, 6.07) is 3.83. The van der Waals surface area contributed by atoms with Crippen LogP contribution in [0.15, 0.2) is 12.1 Å². The van der Waals surface area contributed by atoms with Gasteiger partial charge in [-0.25, -0.2) is 0 Å². The van der Waals surface area contributed by atoms with Crippen LogP contribution in [0.2, 0.25) is 5.02 Å². The van der Waals surface area contributed by atoms with Crippen molar-refractivity contribution in [2.24, 2.45) is 11.7 Å².